The van der Waals surface area contributed by atoms with Gasteiger partial charge in [-0.1, -0.05) is 23.4 Å². The first-order valence-corrected chi connectivity index (χ1v) is 9.43. The number of carbonyl (C=O) groups is 1. The molecule has 3 aromatic rings. The summed E-state index contributed by atoms with van der Waals surface area (Å²) < 4.78 is 45.3. The van der Waals surface area contributed by atoms with Crippen LogP contribution in [0.4, 0.5) is 18.9 Å². The number of H-pyrrole nitrogens is 1. The third kappa shape index (κ3) is 4.65. The molecule has 11 heteroatoms. The third-order valence-electron chi connectivity index (χ3n) is 3.83. The van der Waals surface area contributed by atoms with E-state index in [9.17, 15) is 18.0 Å². The average molecular weight is 443 g/mol. The molecule has 0 bridgehead atoms. The highest BCUT2D eigenvalue weighted by Crippen LogP contribution is 2.32. The molecule has 1 amide bonds. The highest BCUT2D eigenvalue weighted by Gasteiger charge is 2.21. The molecule has 2 N–H and O–H groups in total. The summed E-state index contributed by atoms with van der Waals surface area (Å²) in [5, 5.41) is 8.96. The number of amides is 1. The van der Waals surface area contributed by atoms with Crippen LogP contribution in [0.3, 0.4) is 0 Å². The number of methoxy groups -OCH3 is 1. The zero-order chi connectivity index (χ0) is 21.1. The number of halogens is 4. The zero-order valence-corrected chi connectivity index (χ0v) is 16.7. The van der Waals surface area contributed by atoms with Crippen LogP contribution >= 0.6 is 23.4 Å². The number of ether oxygens (including phenoxy) is 1. The molecule has 0 radical (unpaired) electrons. The summed E-state index contributed by atoms with van der Waals surface area (Å²) in [6, 6.07) is 6.67. The Labute approximate surface area is 172 Å². The van der Waals surface area contributed by atoms with E-state index in [-0.39, 0.29) is 5.16 Å². The fraction of sp³-hybridized carbons (Fsp3) is 0.167. The van der Waals surface area contributed by atoms with Gasteiger partial charge in [0.2, 0.25) is 11.1 Å². The molecule has 3 rings (SSSR count). The molecule has 0 saturated heterocycles. The molecular weight excluding hydrogens is 429 g/mol. The Morgan fingerprint density at radius 3 is 2.72 bits per heavy atom. The van der Waals surface area contributed by atoms with Crippen LogP contribution in [0.2, 0.25) is 5.02 Å². The summed E-state index contributed by atoms with van der Waals surface area (Å²) in [7, 11) is 1.50. The Bertz CT molecular complexity index is 1060. The number of rotatable bonds is 6. The van der Waals surface area contributed by atoms with Gasteiger partial charge in [0.15, 0.2) is 23.3 Å². The summed E-state index contributed by atoms with van der Waals surface area (Å²) in [4.78, 5) is 16.6. The van der Waals surface area contributed by atoms with Crippen molar-refractivity contribution in [3.8, 4) is 17.1 Å². The maximum atomic E-state index is 13.7. The van der Waals surface area contributed by atoms with E-state index in [1.807, 2.05) is 0 Å². The van der Waals surface area contributed by atoms with Crippen LogP contribution in [0, 0.1) is 17.5 Å². The van der Waals surface area contributed by atoms with Gasteiger partial charge in [-0.2, -0.15) is 0 Å². The lowest BCUT2D eigenvalue weighted by atomic mass is 10.2. The van der Waals surface area contributed by atoms with Crippen molar-refractivity contribution in [2.24, 2.45) is 0 Å². The minimum Gasteiger partial charge on any atom is -0.496 e. The molecule has 1 heterocycles. The number of aromatic amines is 1. The molecule has 6 nitrogen and oxygen atoms in total. The van der Waals surface area contributed by atoms with Crippen LogP contribution in [0.1, 0.15) is 6.92 Å². The van der Waals surface area contributed by atoms with E-state index < -0.39 is 34.3 Å². The Kier molecular flexibility index (Phi) is 6.33. The first-order chi connectivity index (χ1) is 13.8. The smallest absolute Gasteiger partial charge is 0.237 e. The second kappa shape index (κ2) is 8.75. The summed E-state index contributed by atoms with van der Waals surface area (Å²) >= 11 is 7.00. The number of aromatic nitrogens is 3. The van der Waals surface area contributed by atoms with Crippen molar-refractivity contribution in [1.29, 1.82) is 0 Å². The molecule has 2 aromatic carbocycles. The van der Waals surface area contributed by atoms with Gasteiger partial charge < -0.3 is 10.1 Å². The number of hydrogen-bond donors (Lipinski definition) is 2. The van der Waals surface area contributed by atoms with E-state index in [1.54, 1.807) is 18.2 Å². The molecule has 152 valence electrons. The maximum Gasteiger partial charge on any atom is 0.237 e. The fourth-order valence-corrected chi connectivity index (χ4v) is 3.25. The number of nitrogens with one attached hydrogen (secondary N) is 2. The third-order valence-corrected chi connectivity index (χ3v) is 5.02. The lowest BCUT2D eigenvalue weighted by Crippen LogP contribution is -2.23. The highest BCUT2D eigenvalue weighted by molar-refractivity contribution is 8.00. The Morgan fingerprint density at radius 1 is 1.24 bits per heavy atom. The number of thioether (sulfide) groups is 1. The van der Waals surface area contributed by atoms with Gasteiger partial charge in [0, 0.05) is 5.02 Å². The van der Waals surface area contributed by atoms with Crippen LogP contribution in [0.25, 0.3) is 11.4 Å². The standard InChI is InChI=1S/C18H14ClF3N4O2S/c1-8(17(27)23-12-5-4-11(20)14(21)15(12)22)29-18-24-16(25-26-18)10-7-9(19)3-6-13(10)28-2/h3-8H,1-2H3,(H,23,27)(H,24,25,26). The topological polar surface area (TPSA) is 79.9 Å². The van der Waals surface area contributed by atoms with Crippen LogP contribution in [-0.2, 0) is 4.79 Å². The van der Waals surface area contributed by atoms with Crippen LogP contribution in [0.15, 0.2) is 35.5 Å². The van der Waals surface area contributed by atoms with Gasteiger partial charge in [0.05, 0.1) is 23.6 Å². The van der Waals surface area contributed by atoms with E-state index >= 15 is 0 Å². The predicted molar refractivity (Wildman–Crippen MR) is 104 cm³/mol. The maximum absolute atomic E-state index is 13.7. The molecule has 1 aromatic heterocycles. The van der Waals surface area contributed by atoms with Crippen molar-refractivity contribution in [3.05, 3.63) is 52.8 Å². The molecule has 29 heavy (non-hydrogen) atoms. The Hall–Kier alpha value is -2.72. The van der Waals surface area contributed by atoms with Gasteiger partial charge in [-0.25, -0.2) is 18.2 Å². The van der Waals surface area contributed by atoms with Crippen molar-refractivity contribution in [3.63, 3.8) is 0 Å². The van der Waals surface area contributed by atoms with Crippen LogP contribution < -0.4 is 10.1 Å². The SMILES string of the molecule is COc1ccc(Cl)cc1-c1nc(SC(C)C(=O)Nc2ccc(F)c(F)c2F)n[nH]1. The Balaban J connectivity index is 1.72. The number of anilines is 1. The van der Waals surface area contributed by atoms with Gasteiger partial charge in [-0.3, -0.25) is 9.89 Å². The van der Waals surface area contributed by atoms with Crippen molar-refractivity contribution in [2.45, 2.75) is 17.3 Å². The molecule has 0 aliphatic carbocycles. The van der Waals surface area contributed by atoms with Crippen molar-refractivity contribution < 1.29 is 22.7 Å². The first-order valence-electron chi connectivity index (χ1n) is 8.17. The van der Waals surface area contributed by atoms with E-state index in [2.05, 4.69) is 20.5 Å². The summed E-state index contributed by atoms with van der Waals surface area (Å²) in [5.74, 6) is -4.19. The molecule has 0 spiro atoms. The van der Waals surface area contributed by atoms with Gasteiger partial charge in [-0.05, 0) is 37.3 Å². The minimum atomic E-state index is -1.66. The average Bonchev–Trinajstić information content (AvgIpc) is 3.16. The summed E-state index contributed by atoms with van der Waals surface area (Å²) in [5.41, 5.74) is 0.126. The second-order valence-corrected chi connectivity index (χ2v) is 7.53. The van der Waals surface area contributed by atoms with E-state index in [4.69, 9.17) is 16.3 Å². The first kappa shape index (κ1) is 21.0. The van der Waals surface area contributed by atoms with Crippen LogP contribution in [-0.4, -0.2) is 33.4 Å². The van der Waals surface area contributed by atoms with Crippen molar-refractivity contribution in [2.75, 3.05) is 12.4 Å². The number of nitrogens with zero attached hydrogens (tertiary/aromatic N) is 2. The molecule has 0 aliphatic rings. The number of hydrogen-bond acceptors (Lipinski definition) is 5. The summed E-state index contributed by atoms with van der Waals surface area (Å²) in [6.45, 7) is 1.54. The fourth-order valence-electron chi connectivity index (χ4n) is 2.35. The predicted octanol–water partition coefficient (Wildman–Crippen LogP) is 4.67. The largest absolute Gasteiger partial charge is 0.496 e. The molecular formula is C18H14ClF3N4O2S. The van der Waals surface area contributed by atoms with E-state index in [0.29, 0.717) is 22.2 Å². The van der Waals surface area contributed by atoms with E-state index in [0.717, 1.165) is 23.9 Å². The molecule has 1 unspecified atom stereocenters. The lowest BCUT2D eigenvalue weighted by Gasteiger charge is -2.11. The highest BCUT2D eigenvalue weighted by atomic mass is 35.5. The normalized spacial score (nSPS) is 11.9. The second-order valence-electron chi connectivity index (χ2n) is 5.78. The van der Waals surface area contributed by atoms with Crippen molar-refractivity contribution in [1.82, 2.24) is 15.2 Å². The minimum absolute atomic E-state index is 0.246. The molecule has 0 aliphatic heterocycles. The number of benzene rings is 2. The van der Waals surface area contributed by atoms with E-state index in [1.165, 1.54) is 14.0 Å². The zero-order valence-electron chi connectivity index (χ0n) is 15.1. The quantitative estimate of drug-likeness (QED) is 0.428. The van der Waals surface area contributed by atoms with Gasteiger partial charge in [0.1, 0.15) is 5.75 Å². The lowest BCUT2D eigenvalue weighted by molar-refractivity contribution is -0.115. The van der Waals surface area contributed by atoms with Gasteiger partial charge in [-0.15, -0.1) is 5.10 Å². The van der Waals surface area contributed by atoms with Gasteiger partial charge in [0.25, 0.3) is 0 Å². The van der Waals surface area contributed by atoms with Crippen LogP contribution in [0.5, 0.6) is 5.75 Å². The monoisotopic (exact) mass is 442 g/mol. The number of carbonyl (C=O) groups excluding carboxylic acids is 1. The molecule has 0 fully saturated rings. The molecule has 0 saturated carbocycles. The summed E-state index contributed by atoms with van der Waals surface area (Å²) in [6.07, 6.45) is 0. The van der Waals surface area contributed by atoms with Gasteiger partial charge >= 0.3 is 0 Å². The Morgan fingerprint density at radius 2 is 2.00 bits per heavy atom. The van der Waals surface area contributed by atoms with Crippen molar-refractivity contribution >= 4 is 35.0 Å². The molecule has 1 atom stereocenters.